The van der Waals surface area contributed by atoms with Gasteiger partial charge in [-0.1, -0.05) is 5.16 Å². The summed E-state index contributed by atoms with van der Waals surface area (Å²) in [5.74, 6) is -1.86. The number of aliphatic carboxylic acids is 1. The molecule has 1 fully saturated rings. The number of nitrogens with one attached hydrogen (secondary N) is 2. The highest BCUT2D eigenvalue weighted by Crippen LogP contribution is 2.18. The van der Waals surface area contributed by atoms with Gasteiger partial charge in [0.25, 0.3) is 0 Å². The van der Waals surface area contributed by atoms with Gasteiger partial charge in [-0.25, -0.2) is 9.78 Å². The van der Waals surface area contributed by atoms with E-state index in [-0.39, 0.29) is 5.91 Å². The maximum Gasteiger partial charge on any atom is 0.490 e. The van der Waals surface area contributed by atoms with Crippen molar-refractivity contribution in [3.63, 3.8) is 0 Å². The van der Waals surface area contributed by atoms with E-state index in [1.807, 2.05) is 19.4 Å². The summed E-state index contributed by atoms with van der Waals surface area (Å²) in [5, 5.41) is 17.1. The van der Waals surface area contributed by atoms with Gasteiger partial charge >= 0.3 is 12.1 Å². The Balaban J connectivity index is 0.000000423. The number of aryl methyl sites for hydroxylation is 2. The molecule has 1 amide bonds. The second-order valence-electron chi connectivity index (χ2n) is 7.07. The lowest BCUT2D eigenvalue weighted by molar-refractivity contribution is -0.192. The van der Waals surface area contributed by atoms with E-state index in [2.05, 4.69) is 25.7 Å². The first-order chi connectivity index (χ1) is 14.5. The molecule has 1 unspecified atom stereocenters. The Morgan fingerprint density at radius 1 is 1.42 bits per heavy atom. The number of thiazole rings is 1. The fourth-order valence-electron chi connectivity index (χ4n) is 2.90. The maximum absolute atomic E-state index is 12.4. The highest BCUT2D eigenvalue weighted by molar-refractivity contribution is 7.09. The van der Waals surface area contributed by atoms with Crippen molar-refractivity contribution in [1.82, 2.24) is 20.4 Å². The molecule has 2 aromatic rings. The summed E-state index contributed by atoms with van der Waals surface area (Å²) >= 11 is 1.64. The first-order valence-corrected chi connectivity index (χ1v) is 10.3. The van der Waals surface area contributed by atoms with Crippen molar-refractivity contribution in [2.24, 2.45) is 5.92 Å². The van der Waals surface area contributed by atoms with Gasteiger partial charge in [0.2, 0.25) is 11.8 Å². The largest absolute Gasteiger partial charge is 0.490 e. The lowest BCUT2D eigenvalue weighted by atomic mass is 10.1. The Hall–Kier alpha value is -2.51. The van der Waals surface area contributed by atoms with Gasteiger partial charge in [-0.05, 0) is 39.3 Å². The molecule has 1 aliphatic rings. The molecule has 1 atom stereocenters. The van der Waals surface area contributed by atoms with Gasteiger partial charge in [0.15, 0.2) is 0 Å². The molecule has 0 spiro atoms. The van der Waals surface area contributed by atoms with E-state index in [4.69, 9.17) is 14.4 Å². The van der Waals surface area contributed by atoms with Crippen molar-refractivity contribution in [2.45, 2.75) is 33.0 Å². The summed E-state index contributed by atoms with van der Waals surface area (Å²) in [5.41, 5.74) is 3.65. The highest BCUT2D eigenvalue weighted by Gasteiger charge is 2.38. The van der Waals surface area contributed by atoms with Gasteiger partial charge in [-0.2, -0.15) is 13.2 Å². The van der Waals surface area contributed by atoms with Crippen molar-refractivity contribution in [3.8, 4) is 0 Å². The minimum Gasteiger partial charge on any atom is -0.475 e. The van der Waals surface area contributed by atoms with E-state index in [0.29, 0.717) is 18.3 Å². The molecule has 0 saturated carbocycles. The third kappa shape index (κ3) is 8.63. The standard InChI is InChI=1S/C16H23N5O2S.C2HF3O2/c1-11-5-16(23-20-11)19-15(22)9-21(7-13-3-4-17-6-13)8-14-12(2)18-10-24-14;3-2(4,5)1(6)7/h5,10,13,17H,3-4,6-9H2,1-2H3,(H,19,22);(H,6,7). The van der Waals surface area contributed by atoms with Gasteiger partial charge < -0.3 is 14.9 Å². The fourth-order valence-corrected chi connectivity index (χ4v) is 3.72. The molecule has 31 heavy (non-hydrogen) atoms. The lowest BCUT2D eigenvalue weighted by Crippen LogP contribution is -2.36. The van der Waals surface area contributed by atoms with Gasteiger partial charge in [0.05, 0.1) is 23.4 Å². The van der Waals surface area contributed by atoms with Crippen LogP contribution >= 0.6 is 11.3 Å². The van der Waals surface area contributed by atoms with Crippen LogP contribution in [0.5, 0.6) is 0 Å². The zero-order chi connectivity index (χ0) is 23.0. The summed E-state index contributed by atoms with van der Waals surface area (Å²) in [6.45, 7) is 7.88. The number of alkyl halides is 3. The van der Waals surface area contributed by atoms with Crippen molar-refractivity contribution in [3.05, 3.63) is 27.8 Å². The monoisotopic (exact) mass is 463 g/mol. The fraction of sp³-hybridized carbons (Fsp3) is 0.556. The quantitative estimate of drug-likeness (QED) is 0.573. The van der Waals surface area contributed by atoms with Crippen LogP contribution in [0.3, 0.4) is 0 Å². The van der Waals surface area contributed by atoms with Crippen molar-refractivity contribution < 1.29 is 32.4 Å². The third-order valence-electron chi connectivity index (χ3n) is 4.39. The molecular formula is C18H24F3N5O4S. The number of carboxylic acid groups (broad SMARTS) is 1. The zero-order valence-electron chi connectivity index (χ0n) is 17.0. The summed E-state index contributed by atoms with van der Waals surface area (Å²) in [7, 11) is 0. The predicted molar refractivity (Wildman–Crippen MR) is 107 cm³/mol. The number of nitrogens with zero attached hydrogens (tertiary/aromatic N) is 3. The van der Waals surface area contributed by atoms with E-state index in [1.165, 1.54) is 4.88 Å². The number of aromatic nitrogens is 2. The average Bonchev–Trinajstić information content (AvgIpc) is 3.39. The zero-order valence-corrected chi connectivity index (χ0v) is 17.8. The number of carboxylic acids is 1. The summed E-state index contributed by atoms with van der Waals surface area (Å²) in [4.78, 5) is 29.0. The molecule has 3 rings (SSSR count). The van der Waals surface area contributed by atoms with Crippen molar-refractivity contribution >= 4 is 29.1 Å². The molecule has 0 aliphatic carbocycles. The van der Waals surface area contributed by atoms with E-state index in [1.54, 1.807) is 17.4 Å². The molecule has 3 N–H and O–H groups in total. The number of carbonyl (C=O) groups is 2. The molecule has 0 bridgehead atoms. The minimum absolute atomic E-state index is 0.0840. The second kappa shape index (κ2) is 11.2. The molecule has 172 valence electrons. The Morgan fingerprint density at radius 2 is 2.13 bits per heavy atom. The number of hydrogen-bond acceptors (Lipinski definition) is 8. The van der Waals surface area contributed by atoms with Gasteiger partial charge in [0, 0.05) is 24.0 Å². The van der Waals surface area contributed by atoms with Crippen LogP contribution in [0, 0.1) is 19.8 Å². The minimum atomic E-state index is -5.08. The van der Waals surface area contributed by atoms with E-state index < -0.39 is 12.1 Å². The van der Waals surface area contributed by atoms with E-state index in [0.717, 1.165) is 44.0 Å². The van der Waals surface area contributed by atoms with Crippen LogP contribution in [0.2, 0.25) is 0 Å². The molecule has 2 aromatic heterocycles. The molecule has 13 heteroatoms. The van der Waals surface area contributed by atoms with E-state index >= 15 is 0 Å². The van der Waals surface area contributed by atoms with Gasteiger partial charge in [-0.3, -0.25) is 15.0 Å². The number of halogens is 3. The molecule has 9 nitrogen and oxygen atoms in total. The number of anilines is 1. The normalized spacial score (nSPS) is 16.1. The molecule has 0 aromatic carbocycles. The highest BCUT2D eigenvalue weighted by atomic mass is 32.1. The average molecular weight is 463 g/mol. The SMILES string of the molecule is Cc1cc(NC(=O)CN(Cc2scnc2C)CC2CCNC2)on1.O=C(O)C(F)(F)F. The van der Waals surface area contributed by atoms with Crippen molar-refractivity contribution in [2.75, 3.05) is 31.5 Å². The smallest absolute Gasteiger partial charge is 0.475 e. The van der Waals surface area contributed by atoms with Crippen molar-refractivity contribution in [1.29, 1.82) is 0 Å². The first-order valence-electron chi connectivity index (χ1n) is 9.40. The number of hydrogen-bond donors (Lipinski definition) is 3. The summed E-state index contributed by atoms with van der Waals surface area (Å²) < 4.78 is 36.8. The molecule has 1 saturated heterocycles. The van der Waals surface area contributed by atoms with Crippen LogP contribution in [-0.2, 0) is 16.1 Å². The summed E-state index contributed by atoms with van der Waals surface area (Å²) in [6.07, 6.45) is -3.93. The van der Waals surface area contributed by atoms with Crippen LogP contribution in [0.25, 0.3) is 0 Å². The van der Waals surface area contributed by atoms with Crippen LogP contribution in [0.15, 0.2) is 16.1 Å². The molecular weight excluding hydrogens is 439 g/mol. The molecule has 3 heterocycles. The number of carbonyl (C=O) groups excluding carboxylic acids is 1. The van der Waals surface area contributed by atoms with Gasteiger partial charge in [-0.15, -0.1) is 11.3 Å². The predicted octanol–water partition coefficient (Wildman–Crippen LogP) is 2.43. The third-order valence-corrected chi connectivity index (χ3v) is 5.31. The molecule has 1 aliphatic heterocycles. The lowest BCUT2D eigenvalue weighted by Gasteiger charge is -2.24. The maximum atomic E-state index is 12.4. The Bertz CT molecular complexity index is 864. The Kier molecular flexibility index (Phi) is 8.95. The Labute approximate surface area is 180 Å². The molecule has 0 radical (unpaired) electrons. The second-order valence-corrected chi connectivity index (χ2v) is 8.01. The van der Waals surface area contributed by atoms with Crippen LogP contribution < -0.4 is 10.6 Å². The van der Waals surface area contributed by atoms with Crippen LogP contribution in [0.1, 0.15) is 22.7 Å². The van der Waals surface area contributed by atoms with E-state index in [9.17, 15) is 18.0 Å². The van der Waals surface area contributed by atoms with Gasteiger partial charge in [0.1, 0.15) is 0 Å². The van der Waals surface area contributed by atoms with Crippen LogP contribution in [-0.4, -0.2) is 64.4 Å². The topological polar surface area (TPSA) is 121 Å². The number of rotatable bonds is 7. The summed E-state index contributed by atoms with van der Waals surface area (Å²) in [6, 6.07) is 1.72. The van der Waals surface area contributed by atoms with Crippen LogP contribution in [0.4, 0.5) is 19.1 Å². The number of amides is 1. The Morgan fingerprint density at radius 3 is 2.61 bits per heavy atom. The first kappa shape index (κ1) is 24.8.